The van der Waals surface area contributed by atoms with E-state index in [-0.39, 0.29) is 18.4 Å². The third kappa shape index (κ3) is 2.25. The predicted octanol–water partition coefficient (Wildman–Crippen LogP) is -0.325. The molecule has 2 rings (SSSR count). The van der Waals surface area contributed by atoms with E-state index in [9.17, 15) is 14.4 Å². The molecule has 3 unspecified atom stereocenters. The van der Waals surface area contributed by atoms with E-state index in [4.69, 9.17) is 4.74 Å². The Labute approximate surface area is 106 Å². The van der Waals surface area contributed by atoms with Crippen molar-refractivity contribution in [2.24, 2.45) is 5.92 Å². The van der Waals surface area contributed by atoms with Crippen molar-refractivity contribution in [3.8, 4) is 0 Å². The van der Waals surface area contributed by atoms with Gasteiger partial charge in [0.25, 0.3) is 5.91 Å². The molecular weight excluding hydrogens is 236 g/mol. The lowest BCUT2D eigenvalue weighted by Gasteiger charge is -2.35. The molecule has 0 saturated carbocycles. The van der Waals surface area contributed by atoms with Gasteiger partial charge in [-0.15, -0.1) is 0 Å². The summed E-state index contributed by atoms with van der Waals surface area (Å²) in [5.74, 6) is -0.929. The third-order valence-corrected chi connectivity index (χ3v) is 3.56. The van der Waals surface area contributed by atoms with E-state index >= 15 is 0 Å². The summed E-state index contributed by atoms with van der Waals surface area (Å²) < 4.78 is 5.41. The minimum atomic E-state index is -0.563. The van der Waals surface area contributed by atoms with E-state index in [0.717, 1.165) is 6.42 Å². The van der Waals surface area contributed by atoms with E-state index in [0.29, 0.717) is 13.0 Å². The smallest absolute Gasteiger partial charge is 0.253 e. The second-order valence-electron chi connectivity index (χ2n) is 4.86. The number of amides is 3. The van der Waals surface area contributed by atoms with Gasteiger partial charge in [-0.1, -0.05) is 13.8 Å². The molecule has 2 aliphatic heterocycles. The van der Waals surface area contributed by atoms with Gasteiger partial charge in [0.2, 0.25) is 11.8 Å². The Morgan fingerprint density at radius 2 is 2.22 bits per heavy atom. The van der Waals surface area contributed by atoms with Gasteiger partial charge in [0.15, 0.2) is 0 Å². The molecule has 0 radical (unpaired) electrons. The Balaban J connectivity index is 2.15. The molecule has 2 aliphatic rings. The average Bonchev–Trinajstić information content (AvgIpc) is 2.73. The first-order valence-electron chi connectivity index (χ1n) is 6.30. The van der Waals surface area contributed by atoms with Crippen LogP contribution in [0.2, 0.25) is 0 Å². The van der Waals surface area contributed by atoms with Crippen molar-refractivity contribution in [2.75, 3.05) is 13.2 Å². The van der Waals surface area contributed by atoms with Crippen LogP contribution in [0.3, 0.4) is 0 Å². The van der Waals surface area contributed by atoms with Crippen molar-refractivity contribution in [3.63, 3.8) is 0 Å². The number of nitrogens with zero attached hydrogens (tertiary/aromatic N) is 1. The summed E-state index contributed by atoms with van der Waals surface area (Å²) in [6.45, 7) is 4.26. The highest BCUT2D eigenvalue weighted by Crippen LogP contribution is 2.23. The fourth-order valence-corrected chi connectivity index (χ4v) is 2.48. The maximum Gasteiger partial charge on any atom is 0.253 e. The highest BCUT2D eigenvalue weighted by atomic mass is 16.5. The van der Waals surface area contributed by atoms with E-state index in [1.807, 2.05) is 13.8 Å². The van der Waals surface area contributed by atoms with Gasteiger partial charge >= 0.3 is 0 Å². The molecule has 100 valence electrons. The second kappa shape index (κ2) is 5.06. The van der Waals surface area contributed by atoms with Crippen LogP contribution in [0.15, 0.2) is 0 Å². The molecule has 2 heterocycles. The number of ether oxygens (including phenoxy) is 1. The van der Waals surface area contributed by atoms with Gasteiger partial charge in [0.05, 0.1) is 0 Å². The Bertz CT molecular complexity index is 382. The largest absolute Gasteiger partial charge is 0.368 e. The maximum absolute atomic E-state index is 12.3. The van der Waals surface area contributed by atoms with E-state index in [1.54, 1.807) is 0 Å². The molecule has 2 saturated heterocycles. The van der Waals surface area contributed by atoms with Gasteiger partial charge in [0.1, 0.15) is 18.7 Å². The Kier molecular flexibility index (Phi) is 3.65. The minimum Gasteiger partial charge on any atom is -0.368 e. The Morgan fingerprint density at radius 1 is 1.50 bits per heavy atom. The van der Waals surface area contributed by atoms with Gasteiger partial charge in [-0.2, -0.15) is 0 Å². The highest BCUT2D eigenvalue weighted by molar-refractivity contribution is 6.04. The summed E-state index contributed by atoms with van der Waals surface area (Å²) in [7, 11) is 0. The molecule has 3 amide bonds. The van der Waals surface area contributed by atoms with Crippen molar-refractivity contribution >= 4 is 17.7 Å². The first-order chi connectivity index (χ1) is 8.54. The van der Waals surface area contributed by atoms with E-state index in [2.05, 4.69) is 5.32 Å². The number of hydrogen-bond acceptors (Lipinski definition) is 4. The third-order valence-electron chi connectivity index (χ3n) is 3.56. The lowest BCUT2D eigenvalue weighted by molar-refractivity contribution is -0.156. The number of piperazine rings is 1. The quantitative estimate of drug-likeness (QED) is 0.685. The van der Waals surface area contributed by atoms with Gasteiger partial charge in [0, 0.05) is 6.61 Å². The van der Waals surface area contributed by atoms with Crippen LogP contribution in [0.25, 0.3) is 0 Å². The van der Waals surface area contributed by atoms with Crippen molar-refractivity contribution in [1.82, 2.24) is 10.2 Å². The zero-order chi connectivity index (χ0) is 13.3. The molecule has 0 aromatic rings. The molecule has 0 aliphatic carbocycles. The number of carbonyl (C=O) groups is 3. The Morgan fingerprint density at radius 3 is 2.78 bits per heavy atom. The summed E-state index contributed by atoms with van der Waals surface area (Å²) in [5.41, 5.74) is 0. The molecular formula is C12H18N2O4. The fourth-order valence-electron chi connectivity index (χ4n) is 2.48. The first-order valence-corrected chi connectivity index (χ1v) is 6.30. The lowest BCUT2D eigenvalue weighted by atomic mass is 10.0. The molecule has 1 N–H and O–H groups in total. The van der Waals surface area contributed by atoms with Crippen LogP contribution in [0, 0.1) is 5.92 Å². The Hall–Kier alpha value is -1.43. The van der Waals surface area contributed by atoms with Crippen molar-refractivity contribution in [1.29, 1.82) is 0 Å². The van der Waals surface area contributed by atoms with Crippen LogP contribution in [-0.2, 0) is 19.1 Å². The van der Waals surface area contributed by atoms with Crippen LogP contribution in [0.5, 0.6) is 0 Å². The zero-order valence-corrected chi connectivity index (χ0v) is 10.6. The normalized spacial score (nSPS) is 32.6. The molecule has 0 bridgehead atoms. The summed E-state index contributed by atoms with van der Waals surface area (Å²) >= 11 is 0. The second-order valence-corrected chi connectivity index (χ2v) is 4.86. The molecule has 6 heteroatoms. The standard InChI is InChI=1S/C12H18N2O4/c1-3-8-11(16)13-9(15)6-14(8)12(17)10-7(2)4-5-18-10/h7-8,10H,3-6H2,1-2H3,(H,13,15,16). The summed E-state index contributed by atoms with van der Waals surface area (Å²) in [4.78, 5) is 36.8. The van der Waals surface area contributed by atoms with E-state index in [1.165, 1.54) is 4.90 Å². The van der Waals surface area contributed by atoms with Gasteiger partial charge in [-0.25, -0.2) is 0 Å². The number of imide groups is 1. The number of nitrogens with one attached hydrogen (secondary N) is 1. The average molecular weight is 254 g/mol. The lowest BCUT2D eigenvalue weighted by Crippen LogP contribution is -2.61. The maximum atomic E-state index is 12.3. The molecule has 3 atom stereocenters. The van der Waals surface area contributed by atoms with Gasteiger partial charge in [-0.3, -0.25) is 19.7 Å². The predicted molar refractivity (Wildman–Crippen MR) is 62.5 cm³/mol. The molecule has 0 aromatic heterocycles. The van der Waals surface area contributed by atoms with Crippen LogP contribution in [0.4, 0.5) is 0 Å². The molecule has 18 heavy (non-hydrogen) atoms. The first kappa shape index (κ1) is 13.0. The number of rotatable bonds is 2. The van der Waals surface area contributed by atoms with Crippen LogP contribution in [0.1, 0.15) is 26.7 Å². The summed E-state index contributed by atoms with van der Waals surface area (Å²) in [6, 6.07) is -0.563. The number of hydrogen-bond donors (Lipinski definition) is 1. The monoisotopic (exact) mass is 254 g/mol. The van der Waals surface area contributed by atoms with Crippen molar-refractivity contribution < 1.29 is 19.1 Å². The van der Waals surface area contributed by atoms with E-state index < -0.39 is 24.0 Å². The summed E-state index contributed by atoms with van der Waals surface area (Å²) in [6.07, 6.45) is 0.811. The summed E-state index contributed by atoms with van der Waals surface area (Å²) in [5, 5.41) is 2.25. The van der Waals surface area contributed by atoms with Crippen molar-refractivity contribution in [3.05, 3.63) is 0 Å². The fraction of sp³-hybridized carbons (Fsp3) is 0.750. The SMILES string of the molecule is CCC1C(=O)NC(=O)CN1C(=O)C1OCCC1C. The zero-order valence-electron chi connectivity index (χ0n) is 10.6. The topological polar surface area (TPSA) is 75.7 Å². The molecule has 0 aromatic carbocycles. The molecule has 6 nitrogen and oxygen atoms in total. The highest BCUT2D eigenvalue weighted by Gasteiger charge is 2.41. The molecule has 2 fully saturated rings. The number of carbonyl (C=O) groups excluding carboxylic acids is 3. The van der Waals surface area contributed by atoms with Crippen molar-refractivity contribution in [2.45, 2.75) is 38.8 Å². The van der Waals surface area contributed by atoms with Gasteiger partial charge in [-0.05, 0) is 18.8 Å². The van der Waals surface area contributed by atoms with Crippen LogP contribution >= 0.6 is 0 Å². The van der Waals surface area contributed by atoms with Crippen LogP contribution in [-0.4, -0.2) is 47.9 Å². The minimum absolute atomic E-state index is 0.0599. The van der Waals surface area contributed by atoms with Crippen LogP contribution < -0.4 is 5.32 Å². The molecule has 0 spiro atoms. The van der Waals surface area contributed by atoms with Gasteiger partial charge < -0.3 is 9.64 Å².